The van der Waals surface area contributed by atoms with E-state index in [1.807, 2.05) is 36.4 Å². The molecule has 0 fully saturated rings. The molecule has 0 N–H and O–H groups in total. The van der Waals surface area contributed by atoms with E-state index in [2.05, 4.69) is 358 Å². The third kappa shape index (κ3) is 9.39. The van der Waals surface area contributed by atoms with Crippen molar-refractivity contribution in [3.8, 4) is 136 Å². The molecule has 0 bridgehead atoms. The number of benzene rings is 18. The van der Waals surface area contributed by atoms with E-state index in [0.717, 1.165) is 100 Å². The molecule has 6 heterocycles. The summed E-state index contributed by atoms with van der Waals surface area (Å²) >= 11 is 0. The molecule has 0 aliphatic heterocycles. The molecular weight excluding hydrogens is 1440 g/mol. The van der Waals surface area contributed by atoms with Gasteiger partial charge in [0.25, 0.3) is 0 Å². The predicted octanol–water partition coefficient (Wildman–Crippen LogP) is 27.2. The largest absolute Gasteiger partial charge is 0.309 e. The molecule has 0 saturated heterocycles. The van der Waals surface area contributed by atoms with Crippen molar-refractivity contribution in [2.75, 3.05) is 0 Å². The van der Waals surface area contributed by atoms with E-state index in [0.29, 0.717) is 35.1 Å². The van der Waals surface area contributed by atoms with Crippen LogP contribution in [0.3, 0.4) is 0 Å². The zero-order valence-electron chi connectivity index (χ0n) is 63.3. The van der Waals surface area contributed by atoms with E-state index >= 15 is 0 Å². The molecule has 26 rings (SSSR count). The lowest BCUT2D eigenvalue weighted by molar-refractivity contribution is 0.954. The van der Waals surface area contributed by atoms with Crippen LogP contribution in [0, 0.1) is 0 Å². The minimum Gasteiger partial charge on any atom is -0.309 e. The fourth-order valence-electron chi connectivity index (χ4n) is 19.7. The molecule has 24 aromatic rings. The Labute approximate surface area is 675 Å². The summed E-state index contributed by atoms with van der Waals surface area (Å²) in [5.41, 5.74) is 28.5. The van der Waals surface area contributed by atoms with Crippen LogP contribution in [-0.4, -0.2) is 48.2 Å². The number of rotatable bonds is 12. The van der Waals surface area contributed by atoms with Crippen molar-refractivity contribution in [2.45, 2.75) is 0 Å². The number of fused-ring (bicyclic) bond motifs is 3. The zero-order chi connectivity index (χ0) is 77.0. The van der Waals surface area contributed by atoms with E-state index in [-0.39, 0.29) is 0 Å². The number of aromatic nitrogens is 10. The zero-order valence-corrected chi connectivity index (χ0v) is 63.3. The minimum atomic E-state index is 0.547. The molecule has 0 amide bonds. The molecule has 0 atom stereocenters. The lowest BCUT2D eigenvalue weighted by atomic mass is 9.93. The molecule has 0 saturated carbocycles. The molecule has 2 aliphatic rings. The first kappa shape index (κ1) is 64.5. The molecular formula is C108H62N10. The van der Waals surface area contributed by atoms with Crippen molar-refractivity contribution in [3.05, 3.63) is 376 Å². The van der Waals surface area contributed by atoms with Gasteiger partial charge in [-0.3, -0.25) is 4.57 Å². The summed E-state index contributed by atoms with van der Waals surface area (Å²) in [5, 5.41) is 17.2. The van der Waals surface area contributed by atoms with Gasteiger partial charge in [0.1, 0.15) is 0 Å². The Bertz CT molecular complexity index is 8440. The fraction of sp³-hybridized carbons (Fsp3) is 0. The van der Waals surface area contributed by atoms with Crippen LogP contribution in [-0.2, 0) is 0 Å². The van der Waals surface area contributed by atoms with Crippen LogP contribution >= 0.6 is 0 Å². The maximum atomic E-state index is 5.55. The second-order valence-corrected chi connectivity index (χ2v) is 31.2. The molecule has 0 spiro atoms. The van der Waals surface area contributed by atoms with Crippen molar-refractivity contribution in [1.29, 1.82) is 0 Å². The standard InChI is InChI=1S/C108H62N10/c1-6-21-64(22-7-1)84-62-92-102-97-82(81-35-19-39-87-96(81)101-91(58-55-83(84)98(101)102)116(87)77-31-14-5-15-32-77)36-20-40-88(97)118(92)108-113-105(67-25-10-3-11-26-67)112-106(114-108)68-43-41-63(42-44-68)71-45-46-74-60-72(47-48-73(74)59-71)70-27-16-28-75(61-70)107-110-103(66-23-8-2-9-24-66)109-104(111-107)69-49-53-78(54-50-69)117-86-38-18-34-80-79-33-17-37-85-94(79)99-89(115(85)76-29-12-4-13-30-76)56-51-65-52-57-90(117)100(93(65)99)95(80)86/h1-62H. The monoisotopic (exact) mass is 1500 g/mol. The number of nitrogens with zero attached hydrogens (tertiary/aromatic N) is 10. The van der Waals surface area contributed by atoms with Crippen molar-refractivity contribution in [2.24, 2.45) is 0 Å². The topological polar surface area (TPSA) is 97.1 Å². The Morgan fingerprint density at radius 1 is 0.153 bits per heavy atom. The first-order valence-electron chi connectivity index (χ1n) is 40.1. The van der Waals surface area contributed by atoms with Gasteiger partial charge in [-0.05, 0) is 192 Å². The summed E-state index contributed by atoms with van der Waals surface area (Å²) < 4.78 is 9.62. The van der Waals surface area contributed by atoms with Gasteiger partial charge >= 0.3 is 0 Å². The Balaban J connectivity index is 0.540. The van der Waals surface area contributed by atoms with E-state index < -0.39 is 0 Å². The van der Waals surface area contributed by atoms with Crippen molar-refractivity contribution < 1.29 is 0 Å². The van der Waals surface area contributed by atoms with Gasteiger partial charge in [0.05, 0.1) is 44.1 Å². The summed E-state index contributed by atoms with van der Waals surface area (Å²) in [4.78, 5) is 32.1. The predicted molar refractivity (Wildman–Crippen MR) is 485 cm³/mol. The van der Waals surface area contributed by atoms with Crippen molar-refractivity contribution >= 4 is 120 Å². The van der Waals surface area contributed by atoms with Gasteiger partial charge in [0.15, 0.2) is 29.1 Å². The van der Waals surface area contributed by atoms with Gasteiger partial charge in [-0.2, -0.15) is 9.97 Å². The van der Waals surface area contributed by atoms with Crippen LogP contribution in [0.4, 0.5) is 0 Å². The highest BCUT2D eigenvalue weighted by molar-refractivity contribution is 6.41. The molecule has 2 aliphatic carbocycles. The molecule has 118 heavy (non-hydrogen) atoms. The second-order valence-electron chi connectivity index (χ2n) is 31.2. The van der Waals surface area contributed by atoms with E-state index in [1.54, 1.807) is 0 Å². The fourth-order valence-corrected chi connectivity index (χ4v) is 19.7. The average Bonchev–Trinajstić information content (AvgIpc) is 1.52. The van der Waals surface area contributed by atoms with Crippen molar-refractivity contribution in [1.82, 2.24) is 48.2 Å². The van der Waals surface area contributed by atoms with Gasteiger partial charge < -0.3 is 13.7 Å². The Morgan fingerprint density at radius 2 is 0.475 bits per heavy atom. The summed E-state index contributed by atoms with van der Waals surface area (Å²) in [6, 6.07) is 136. The lowest BCUT2D eigenvalue weighted by Gasteiger charge is -2.14. The molecule has 18 aromatic carbocycles. The second kappa shape index (κ2) is 24.7. The van der Waals surface area contributed by atoms with Crippen molar-refractivity contribution in [3.63, 3.8) is 0 Å². The molecule has 0 unspecified atom stereocenters. The summed E-state index contributed by atoms with van der Waals surface area (Å²) in [5.74, 6) is 3.52. The van der Waals surface area contributed by atoms with Crippen LogP contribution < -0.4 is 0 Å². The van der Waals surface area contributed by atoms with Crippen LogP contribution in [0.2, 0.25) is 0 Å². The number of hydrogen-bond donors (Lipinski definition) is 0. The van der Waals surface area contributed by atoms with Gasteiger partial charge in [-0.25, -0.2) is 19.9 Å². The summed E-state index contributed by atoms with van der Waals surface area (Å²) in [6.07, 6.45) is 0. The summed E-state index contributed by atoms with van der Waals surface area (Å²) in [7, 11) is 0. The van der Waals surface area contributed by atoms with Crippen LogP contribution in [0.1, 0.15) is 0 Å². The lowest BCUT2D eigenvalue weighted by Crippen LogP contribution is -2.06. The molecule has 10 nitrogen and oxygen atoms in total. The van der Waals surface area contributed by atoms with E-state index in [4.69, 9.17) is 29.9 Å². The average molecular weight is 1500 g/mol. The van der Waals surface area contributed by atoms with Gasteiger partial charge in [-0.1, -0.05) is 261 Å². The Kier molecular flexibility index (Phi) is 13.5. The molecule has 0 radical (unpaired) electrons. The van der Waals surface area contributed by atoms with Crippen LogP contribution in [0.5, 0.6) is 0 Å². The third-order valence-electron chi connectivity index (χ3n) is 24.9. The first-order chi connectivity index (χ1) is 58.5. The Morgan fingerprint density at radius 3 is 0.966 bits per heavy atom. The molecule has 10 heteroatoms. The Hall–Kier alpha value is -16.0. The first-order valence-corrected chi connectivity index (χ1v) is 40.1. The van der Waals surface area contributed by atoms with Gasteiger partial charge in [0.2, 0.25) is 5.95 Å². The number of para-hydroxylation sites is 2. The van der Waals surface area contributed by atoms with Gasteiger partial charge in [0, 0.05) is 98.7 Å². The molecule has 6 aromatic heterocycles. The SMILES string of the molecule is c1ccc(-c2nc(-c3ccc(-n4c5cccc6c5c5c7c(ccc8c7c7c-6cccc7n8-c6ccccc6)ccc54)cc3)nc(-c3cccc(-c4ccc5cc(-c6ccc(-c7nc(-c8ccccc8)nc(-n8c9cccc%10c9c9c%11c(ccc%12c%11c%11c-%10cccc%11n%12-c%10ccccc%10)c(-c%10ccccc%10)cc98)n7)cc6)ccc5c4)c3)n2)cc1. The maximum absolute atomic E-state index is 5.55. The highest BCUT2D eigenvalue weighted by Gasteiger charge is 2.32. The maximum Gasteiger partial charge on any atom is 0.238 e. The minimum absolute atomic E-state index is 0.547. The summed E-state index contributed by atoms with van der Waals surface area (Å²) in [6.45, 7) is 0. The van der Waals surface area contributed by atoms with Crippen LogP contribution in [0.25, 0.3) is 255 Å². The quantitative estimate of drug-likeness (QED) is 0.121. The highest BCUT2D eigenvalue weighted by Crippen LogP contribution is 2.55. The van der Waals surface area contributed by atoms with E-state index in [1.165, 1.54) is 120 Å². The van der Waals surface area contributed by atoms with Gasteiger partial charge in [-0.15, -0.1) is 0 Å². The number of hydrogen-bond acceptors (Lipinski definition) is 6. The normalized spacial score (nSPS) is 12.2. The highest BCUT2D eigenvalue weighted by atomic mass is 15.2. The van der Waals surface area contributed by atoms with E-state index in [9.17, 15) is 0 Å². The smallest absolute Gasteiger partial charge is 0.238 e. The third-order valence-corrected chi connectivity index (χ3v) is 24.9. The molecule has 544 valence electrons. The van der Waals surface area contributed by atoms with Crippen LogP contribution in [0.15, 0.2) is 376 Å².